The Morgan fingerprint density at radius 1 is 1.02 bits per heavy atom. The highest BCUT2D eigenvalue weighted by molar-refractivity contribution is 7.07. The fraction of sp³-hybridized carbons (Fsp3) is 0.147. The second-order valence-corrected chi connectivity index (χ2v) is 11.8. The smallest absolute Gasteiger partial charge is 0.335 e. The quantitative estimate of drug-likeness (QED) is 0.251. The van der Waals surface area contributed by atoms with E-state index in [4.69, 9.17) is 30.5 Å². The van der Waals surface area contributed by atoms with Crippen molar-refractivity contribution in [3.8, 4) is 22.8 Å². The molecule has 1 N–H and O–H groups in total. The van der Waals surface area contributed by atoms with Crippen molar-refractivity contribution < 1.29 is 23.8 Å². The third-order valence-corrected chi connectivity index (χ3v) is 9.29. The number of methoxy groups -OCH3 is 2. The Balaban J connectivity index is 1.39. The third kappa shape index (κ3) is 4.65. The number of aromatic carboxylic acids is 1. The topological polar surface area (TPSA) is 103 Å². The first-order valence-corrected chi connectivity index (χ1v) is 15.0. The first-order chi connectivity index (χ1) is 21.4. The number of carboxylic acid groups (broad SMARTS) is 1. The van der Waals surface area contributed by atoms with E-state index in [9.17, 15) is 14.7 Å². The van der Waals surface area contributed by atoms with E-state index in [1.54, 1.807) is 37.0 Å². The van der Waals surface area contributed by atoms with Crippen LogP contribution in [-0.4, -0.2) is 29.9 Å². The Kier molecular flexibility index (Phi) is 6.99. The van der Waals surface area contributed by atoms with Gasteiger partial charge in [-0.05, 0) is 72.0 Å². The van der Waals surface area contributed by atoms with Crippen LogP contribution in [0.1, 0.15) is 45.3 Å². The van der Waals surface area contributed by atoms with E-state index in [0.29, 0.717) is 42.9 Å². The molecule has 0 amide bonds. The SMILES string of the molecule is COc1ccc(C2C3=C(N=c4s/c(=C/c5ccc(-c6cc(C(=O)O)ccc6Cl)o5)c(=O)n42)c2ccccc2CC3)cc1OC. The highest BCUT2D eigenvalue weighted by Crippen LogP contribution is 2.43. The molecule has 7 rings (SSSR count). The van der Waals surface area contributed by atoms with E-state index >= 15 is 0 Å². The number of furan rings is 1. The molecule has 44 heavy (non-hydrogen) atoms. The molecule has 220 valence electrons. The number of fused-ring (bicyclic) bond motifs is 3. The molecule has 1 aliphatic carbocycles. The van der Waals surface area contributed by atoms with Gasteiger partial charge in [-0.3, -0.25) is 9.36 Å². The number of aromatic nitrogens is 1. The minimum Gasteiger partial charge on any atom is -0.493 e. The molecule has 0 fully saturated rings. The Hall–Kier alpha value is -4.86. The molecule has 0 bridgehead atoms. The number of benzene rings is 3. The van der Waals surface area contributed by atoms with Gasteiger partial charge in [-0.1, -0.05) is 53.3 Å². The highest BCUT2D eigenvalue weighted by atomic mass is 35.5. The molecule has 2 aliphatic rings. The van der Waals surface area contributed by atoms with Crippen LogP contribution in [0.25, 0.3) is 23.1 Å². The molecule has 2 aromatic heterocycles. The van der Waals surface area contributed by atoms with Crippen LogP contribution in [0.3, 0.4) is 0 Å². The number of thiazole rings is 1. The molecule has 8 nitrogen and oxygen atoms in total. The normalized spacial score (nSPS) is 15.7. The second kappa shape index (κ2) is 11.0. The summed E-state index contributed by atoms with van der Waals surface area (Å²) in [5, 5.41) is 9.76. The highest BCUT2D eigenvalue weighted by Gasteiger charge is 2.33. The van der Waals surface area contributed by atoms with Crippen LogP contribution >= 0.6 is 22.9 Å². The predicted octanol–water partition coefficient (Wildman–Crippen LogP) is 5.95. The largest absolute Gasteiger partial charge is 0.493 e. The average Bonchev–Trinajstić information content (AvgIpc) is 3.63. The van der Waals surface area contributed by atoms with Gasteiger partial charge in [-0.15, -0.1) is 0 Å². The zero-order chi connectivity index (χ0) is 30.5. The molecule has 1 unspecified atom stereocenters. The van der Waals surface area contributed by atoms with Gasteiger partial charge in [0.15, 0.2) is 16.3 Å². The van der Waals surface area contributed by atoms with E-state index in [1.807, 2.05) is 30.3 Å². The molecular formula is C34H25ClN2O6S. The first-order valence-electron chi connectivity index (χ1n) is 13.8. The average molecular weight is 625 g/mol. The molecular weight excluding hydrogens is 600 g/mol. The van der Waals surface area contributed by atoms with Gasteiger partial charge in [0.05, 0.1) is 41.1 Å². The zero-order valence-electron chi connectivity index (χ0n) is 23.7. The fourth-order valence-corrected chi connectivity index (χ4v) is 7.09. The van der Waals surface area contributed by atoms with Crippen molar-refractivity contribution in [3.05, 3.63) is 131 Å². The Bertz CT molecular complexity index is 2190. The van der Waals surface area contributed by atoms with Crippen LogP contribution in [-0.2, 0) is 6.42 Å². The van der Waals surface area contributed by atoms with Crippen LogP contribution in [0.4, 0.5) is 0 Å². The maximum Gasteiger partial charge on any atom is 0.335 e. The zero-order valence-corrected chi connectivity index (χ0v) is 25.2. The molecule has 1 atom stereocenters. The van der Waals surface area contributed by atoms with Gasteiger partial charge in [-0.2, -0.15) is 0 Å². The van der Waals surface area contributed by atoms with E-state index < -0.39 is 5.97 Å². The molecule has 5 aromatic rings. The standard InChI is InChI=1S/C34H25ClN2O6S/c1-41-27-13-9-19(16-28(27)42-2)31-23-11-7-18-5-3-4-6-22(18)30(23)36-34-37(31)32(38)29(44-34)17-21-10-14-26(43-21)24-15-20(33(39)40)8-12-25(24)35/h3-6,8-10,12-17,31H,7,11H2,1-2H3,(H,39,40)/b29-17+. The summed E-state index contributed by atoms with van der Waals surface area (Å²) >= 11 is 7.65. The first kappa shape index (κ1) is 27.9. The van der Waals surface area contributed by atoms with Gasteiger partial charge in [0.1, 0.15) is 11.5 Å². The summed E-state index contributed by atoms with van der Waals surface area (Å²) in [4.78, 5) is 31.3. The summed E-state index contributed by atoms with van der Waals surface area (Å²) in [6, 6.07) is 21.5. The lowest BCUT2D eigenvalue weighted by Crippen LogP contribution is -2.38. The Labute approximate surface area is 260 Å². The van der Waals surface area contributed by atoms with Gasteiger partial charge in [-0.25, -0.2) is 9.79 Å². The van der Waals surface area contributed by atoms with Crippen molar-refractivity contribution in [3.63, 3.8) is 0 Å². The van der Waals surface area contributed by atoms with Crippen molar-refractivity contribution in [2.45, 2.75) is 18.9 Å². The number of carbonyl (C=O) groups is 1. The molecule has 3 aromatic carbocycles. The van der Waals surface area contributed by atoms with Gasteiger partial charge >= 0.3 is 5.97 Å². The molecule has 0 spiro atoms. The van der Waals surface area contributed by atoms with Crippen LogP contribution in [0.5, 0.6) is 11.5 Å². The van der Waals surface area contributed by atoms with Gasteiger partial charge in [0.25, 0.3) is 5.56 Å². The van der Waals surface area contributed by atoms with Gasteiger partial charge < -0.3 is 19.0 Å². The van der Waals surface area contributed by atoms with E-state index in [-0.39, 0.29) is 17.2 Å². The summed E-state index contributed by atoms with van der Waals surface area (Å²) in [5.74, 6) is 0.946. The fourth-order valence-electron chi connectivity index (χ4n) is 5.90. The van der Waals surface area contributed by atoms with E-state index in [2.05, 4.69) is 12.1 Å². The van der Waals surface area contributed by atoms with Crippen LogP contribution in [0.15, 0.2) is 92.6 Å². The summed E-state index contributed by atoms with van der Waals surface area (Å²) < 4.78 is 19.3. The van der Waals surface area contributed by atoms with Crippen molar-refractivity contribution in [2.75, 3.05) is 14.2 Å². The van der Waals surface area contributed by atoms with Crippen molar-refractivity contribution >= 4 is 40.7 Å². The third-order valence-electron chi connectivity index (χ3n) is 7.98. The van der Waals surface area contributed by atoms with E-state index in [0.717, 1.165) is 35.2 Å². The van der Waals surface area contributed by atoms with Crippen molar-refractivity contribution in [1.82, 2.24) is 4.57 Å². The molecule has 3 heterocycles. The van der Waals surface area contributed by atoms with Crippen LogP contribution in [0.2, 0.25) is 5.02 Å². The lowest BCUT2D eigenvalue weighted by molar-refractivity contribution is 0.0697. The number of aryl methyl sites for hydroxylation is 1. The summed E-state index contributed by atoms with van der Waals surface area (Å²) in [5.41, 5.74) is 5.52. The number of ether oxygens (including phenoxy) is 2. The van der Waals surface area contributed by atoms with Gasteiger partial charge in [0.2, 0.25) is 0 Å². The molecule has 0 radical (unpaired) electrons. The maximum absolute atomic E-state index is 14.1. The Morgan fingerprint density at radius 2 is 1.84 bits per heavy atom. The molecule has 1 aliphatic heterocycles. The number of allylic oxidation sites excluding steroid dienone is 1. The number of nitrogens with zero attached hydrogens (tertiary/aromatic N) is 2. The minimum atomic E-state index is -1.06. The number of carboxylic acids is 1. The predicted molar refractivity (Wildman–Crippen MR) is 168 cm³/mol. The summed E-state index contributed by atoms with van der Waals surface area (Å²) in [6.45, 7) is 0. The molecule has 0 saturated heterocycles. The number of hydrogen-bond acceptors (Lipinski definition) is 7. The van der Waals surface area contributed by atoms with E-state index in [1.165, 1.54) is 35.1 Å². The number of halogens is 1. The maximum atomic E-state index is 14.1. The minimum absolute atomic E-state index is 0.0939. The molecule has 0 saturated carbocycles. The monoisotopic (exact) mass is 624 g/mol. The lowest BCUT2D eigenvalue weighted by Gasteiger charge is -2.31. The summed E-state index contributed by atoms with van der Waals surface area (Å²) in [6.07, 6.45) is 3.29. The van der Waals surface area contributed by atoms with Crippen molar-refractivity contribution in [2.24, 2.45) is 4.99 Å². The second-order valence-electron chi connectivity index (χ2n) is 10.4. The number of hydrogen-bond donors (Lipinski definition) is 1. The van der Waals surface area contributed by atoms with Crippen LogP contribution < -0.4 is 24.4 Å². The van der Waals surface area contributed by atoms with Crippen LogP contribution in [0, 0.1) is 0 Å². The van der Waals surface area contributed by atoms with Gasteiger partial charge in [0, 0.05) is 17.2 Å². The van der Waals surface area contributed by atoms with Crippen molar-refractivity contribution in [1.29, 1.82) is 0 Å². The summed E-state index contributed by atoms with van der Waals surface area (Å²) in [7, 11) is 3.19. The Morgan fingerprint density at radius 3 is 2.64 bits per heavy atom. The molecule has 10 heteroatoms. The lowest BCUT2D eigenvalue weighted by atomic mass is 9.83. The number of rotatable bonds is 6.